The molecule has 1 aliphatic heterocycles. The van der Waals surface area contributed by atoms with Crippen molar-refractivity contribution in [2.75, 3.05) is 26.2 Å². The van der Waals surface area contributed by atoms with E-state index in [1.165, 1.54) is 7.11 Å². The van der Waals surface area contributed by atoms with Crippen LogP contribution < -0.4 is 19.1 Å². The van der Waals surface area contributed by atoms with E-state index in [0.717, 1.165) is 5.56 Å². The summed E-state index contributed by atoms with van der Waals surface area (Å²) >= 11 is 6.48. The topological polar surface area (TPSA) is 65.1 Å². The van der Waals surface area contributed by atoms with Gasteiger partial charge in [0.1, 0.15) is 0 Å². The van der Waals surface area contributed by atoms with Crippen molar-refractivity contribution in [1.82, 2.24) is 0 Å². The fraction of sp³-hybridized carbons (Fsp3) is 0.385. The van der Waals surface area contributed by atoms with Crippen LogP contribution in [-0.2, 0) is 9.59 Å². The van der Waals surface area contributed by atoms with Crippen molar-refractivity contribution in [2.45, 2.75) is 39.0 Å². The molecule has 1 amide bonds. The maximum Gasteiger partial charge on any atom is 0.232 e. The lowest BCUT2D eigenvalue weighted by atomic mass is 9.69. The summed E-state index contributed by atoms with van der Waals surface area (Å²) in [5.41, 5.74) is 2.39. The summed E-state index contributed by atoms with van der Waals surface area (Å²) in [5.74, 6) is 0.879. The fourth-order valence-electron chi connectivity index (χ4n) is 4.99. The van der Waals surface area contributed by atoms with E-state index < -0.39 is 5.92 Å². The Kier molecular flexibility index (Phi) is 6.14. The molecule has 0 bridgehead atoms. The van der Waals surface area contributed by atoms with Crippen molar-refractivity contribution in [2.24, 2.45) is 5.41 Å². The Hall–Kier alpha value is -2.99. The summed E-state index contributed by atoms with van der Waals surface area (Å²) in [4.78, 5) is 28.8. The van der Waals surface area contributed by atoms with Gasteiger partial charge in [-0.3, -0.25) is 14.5 Å². The zero-order chi connectivity index (χ0) is 23.9. The Morgan fingerprint density at radius 3 is 2.27 bits per heavy atom. The van der Waals surface area contributed by atoms with Crippen LogP contribution in [0.15, 0.2) is 47.7 Å². The van der Waals surface area contributed by atoms with E-state index in [1.807, 2.05) is 38.1 Å². The number of carbonyl (C=O) groups excluding carboxylic acids is 2. The van der Waals surface area contributed by atoms with E-state index in [-0.39, 0.29) is 23.5 Å². The van der Waals surface area contributed by atoms with Gasteiger partial charge in [-0.05, 0) is 30.0 Å². The summed E-state index contributed by atoms with van der Waals surface area (Å²) < 4.78 is 16.7. The Morgan fingerprint density at radius 1 is 0.939 bits per heavy atom. The van der Waals surface area contributed by atoms with Gasteiger partial charge < -0.3 is 14.2 Å². The molecule has 0 aromatic heterocycles. The number of para-hydroxylation sites is 1. The molecule has 7 heteroatoms. The van der Waals surface area contributed by atoms with E-state index in [1.54, 1.807) is 31.3 Å². The molecule has 0 saturated carbocycles. The first-order valence-corrected chi connectivity index (χ1v) is 11.2. The molecule has 1 atom stereocenters. The van der Waals surface area contributed by atoms with Gasteiger partial charge in [0.25, 0.3) is 0 Å². The third-order valence-corrected chi connectivity index (χ3v) is 6.67. The van der Waals surface area contributed by atoms with Crippen LogP contribution in [0.2, 0.25) is 5.02 Å². The molecular formula is C26H28ClNO5. The summed E-state index contributed by atoms with van der Waals surface area (Å²) in [6.45, 7) is 4.09. The van der Waals surface area contributed by atoms with Crippen molar-refractivity contribution < 1.29 is 23.8 Å². The molecule has 4 rings (SSSR count). The van der Waals surface area contributed by atoms with Gasteiger partial charge in [0.05, 0.1) is 32.0 Å². The first kappa shape index (κ1) is 23.2. The van der Waals surface area contributed by atoms with Crippen LogP contribution in [0.1, 0.15) is 44.6 Å². The quantitative estimate of drug-likeness (QED) is 0.576. The van der Waals surface area contributed by atoms with E-state index in [4.69, 9.17) is 25.8 Å². The molecule has 174 valence electrons. The second kappa shape index (κ2) is 8.75. The number of halogens is 1. The number of hydrogen-bond donors (Lipinski definition) is 0. The Labute approximate surface area is 199 Å². The molecule has 0 N–H and O–H groups in total. The Morgan fingerprint density at radius 2 is 1.64 bits per heavy atom. The fourth-order valence-corrected chi connectivity index (χ4v) is 5.21. The number of Topliss-reactive ketones (excluding diaryl/α,β-unsaturated/α-hetero) is 1. The number of ketones is 1. The van der Waals surface area contributed by atoms with Crippen LogP contribution in [0.25, 0.3) is 0 Å². The lowest BCUT2D eigenvalue weighted by Gasteiger charge is -2.43. The minimum Gasteiger partial charge on any atom is -0.493 e. The predicted octanol–water partition coefficient (Wildman–Crippen LogP) is 5.53. The molecule has 6 nitrogen and oxygen atoms in total. The van der Waals surface area contributed by atoms with Crippen LogP contribution in [0.3, 0.4) is 0 Å². The summed E-state index contributed by atoms with van der Waals surface area (Å²) in [7, 11) is 4.63. The monoisotopic (exact) mass is 469 g/mol. The van der Waals surface area contributed by atoms with Gasteiger partial charge in [0, 0.05) is 35.6 Å². The average Bonchev–Trinajstić information content (AvgIpc) is 2.77. The van der Waals surface area contributed by atoms with Crippen LogP contribution in [-0.4, -0.2) is 33.0 Å². The van der Waals surface area contributed by atoms with Crippen molar-refractivity contribution >= 4 is 29.0 Å². The zero-order valence-corrected chi connectivity index (χ0v) is 20.3. The number of amides is 1. The van der Waals surface area contributed by atoms with E-state index >= 15 is 0 Å². The van der Waals surface area contributed by atoms with Gasteiger partial charge in [0.15, 0.2) is 17.3 Å². The summed E-state index contributed by atoms with van der Waals surface area (Å²) in [6, 6.07) is 10.9. The number of hydrogen-bond acceptors (Lipinski definition) is 5. The SMILES string of the molecule is COc1ccc([C@@H]2CC(=O)N(c3ccccc3Cl)C3=C2C(=O)CC(C)(C)C3)c(OC)c1OC. The van der Waals surface area contributed by atoms with Crippen molar-refractivity contribution in [3.05, 3.63) is 58.3 Å². The highest BCUT2D eigenvalue weighted by atomic mass is 35.5. The number of methoxy groups -OCH3 is 3. The van der Waals surface area contributed by atoms with Crippen LogP contribution in [0.5, 0.6) is 17.2 Å². The molecule has 1 heterocycles. The van der Waals surface area contributed by atoms with Gasteiger partial charge in [-0.1, -0.05) is 43.6 Å². The molecule has 0 unspecified atom stereocenters. The largest absolute Gasteiger partial charge is 0.493 e. The molecule has 2 aromatic carbocycles. The first-order valence-electron chi connectivity index (χ1n) is 10.8. The standard InChI is InChI=1S/C26H28ClNO5/c1-26(2)13-19-23(20(29)14-26)16(12-22(30)28(19)18-9-7-6-8-17(18)27)15-10-11-21(31-3)25(33-5)24(15)32-4/h6-11,16H,12-14H2,1-5H3/t16-/m0/s1. The molecule has 1 aliphatic carbocycles. The third-order valence-electron chi connectivity index (χ3n) is 6.35. The molecule has 33 heavy (non-hydrogen) atoms. The number of allylic oxidation sites excluding steroid dienone is 2. The predicted molar refractivity (Wildman–Crippen MR) is 127 cm³/mol. The molecule has 0 spiro atoms. The highest BCUT2D eigenvalue weighted by Gasteiger charge is 2.45. The highest BCUT2D eigenvalue weighted by molar-refractivity contribution is 6.34. The first-order chi connectivity index (χ1) is 15.7. The normalized spacial score (nSPS) is 19.9. The minimum absolute atomic E-state index is 0.0349. The van der Waals surface area contributed by atoms with Gasteiger partial charge in [-0.2, -0.15) is 0 Å². The molecule has 0 fully saturated rings. The van der Waals surface area contributed by atoms with Crippen LogP contribution in [0.4, 0.5) is 5.69 Å². The smallest absolute Gasteiger partial charge is 0.232 e. The Bertz CT molecular complexity index is 1150. The van der Waals surface area contributed by atoms with Crippen LogP contribution in [0, 0.1) is 5.41 Å². The highest BCUT2D eigenvalue weighted by Crippen LogP contribution is 2.52. The molecular weight excluding hydrogens is 442 g/mol. The number of nitrogens with zero attached hydrogens (tertiary/aromatic N) is 1. The third kappa shape index (κ3) is 3.97. The maximum absolute atomic E-state index is 13.6. The van der Waals surface area contributed by atoms with Gasteiger partial charge in [0.2, 0.25) is 11.7 Å². The number of benzene rings is 2. The van der Waals surface area contributed by atoms with E-state index in [0.29, 0.717) is 52.1 Å². The van der Waals surface area contributed by atoms with E-state index in [9.17, 15) is 9.59 Å². The van der Waals surface area contributed by atoms with E-state index in [2.05, 4.69) is 0 Å². The second-order valence-electron chi connectivity index (χ2n) is 9.16. The van der Waals surface area contributed by atoms with Gasteiger partial charge in [-0.15, -0.1) is 0 Å². The number of carbonyl (C=O) groups is 2. The lowest BCUT2D eigenvalue weighted by molar-refractivity contribution is -0.121. The van der Waals surface area contributed by atoms with Crippen LogP contribution >= 0.6 is 11.6 Å². The summed E-state index contributed by atoms with van der Waals surface area (Å²) in [5, 5.41) is 0.468. The number of ether oxygens (including phenoxy) is 3. The number of anilines is 1. The van der Waals surface area contributed by atoms with Crippen molar-refractivity contribution in [3.63, 3.8) is 0 Å². The van der Waals surface area contributed by atoms with Crippen molar-refractivity contribution in [1.29, 1.82) is 0 Å². The number of rotatable bonds is 5. The van der Waals surface area contributed by atoms with Gasteiger partial charge >= 0.3 is 0 Å². The molecule has 2 aromatic rings. The molecule has 0 saturated heterocycles. The molecule has 0 radical (unpaired) electrons. The molecule has 2 aliphatic rings. The minimum atomic E-state index is -0.454. The van der Waals surface area contributed by atoms with Crippen molar-refractivity contribution in [3.8, 4) is 17.2 Å². The summed E-state index contributed by atoms with van der Waals surface area (Å²) in [6.07, 6.45) is 1.10. The average molecular weight is 470 g/mol. The Balaban J connectivity index is 1.96. The zero-order valence-electron chi connectivity index (χ0n) is 19.5. The van der Waals surface area contributed by atoms with Gasteiger partial charge in [-0.25, -0.2) is 0 Å². The maximum atomic E-state index is 13.6. The second-order valence-corrected chi connectivity index (χ2v) is 9.57. The lowest BCUT2D eigenvalue weighted by Crippen LogP contribution is -2.43.